The highest BCUT2D eigenvalue weighted by atomic mass is 16.1. The van der Waals surface area contributed by atoms with E-state index in [0.29, 0.717) is 0 Å². The summed E-state index contributed by atoms with van der Waals surface area (Å²) >= 11 is 0. The molecule has 1 heteroatoms. The van der Waals surface area contributed by atoms with Crippen LogP contribution in [0.3, 0.4) is 0 Å². The van der Waals surface area contributed by atoms with E-state index in [1.165, 1.54) is 57.8 Å². The van der Waals surface area contributed by atoms with E-state index >= 15 is 0 Å². The minimum atomic E-state index is 0.175. The molecule has 98 valence electrons. The van der Waals surface area contributed by atoms with Crippen molar-refractivity contribution < 1.29 is 4.79 Å². The van der Waals surface area contributed by atoms with Gasteiger partial charge in [-0.2, -0.15) is 0 Å². The Morgan fingerprint density at radius 1 is 1.12 bits per heavy atom. The van der Waals surface area contributed by atoms with Crippen molar-refractivity contribution in [3.05, 3.63) is 12.2 Å². The molecule has 0 unspecified atom stereocenters. The maximum atomic E-state index is 11.0. The van der Waals surface area contributed by atoms with E-state index in [2.05, 4.69) is 19.1 Å². The molecule has 0 N–H and O–H groups in total. The molecule has 17 heavy (non-hydrogen) atoms. The van der Waals surface area contributed by atoms with Crippen LogP contribution in [0, 0.1) is 11.8 Å². The highest BCUT2D eigenvalue weighted by molar-refractivity contribution is 5.56. The van der Waals surface area contributed by atoms with E-state index in [-0.39, 0.29) is 5.92 Å². The predicted molar refractivity (Wildman–Crippen MR) is 74.0 cm³/mol. The highest BCUT2D eigenvalue weighted by Crippen LogP contribution is 2.25. The van der Waals surface area contributed by atoms with Crippen molar-refractivity contribution in [3.8, 4) is 0 Å². The number of allylic oxidation sites excluding steroid dienone is 2. The predicted octanol–water partition coefficient (Wildman–Crippen LogP) is 4.91. The molecular formula is C16H28O. The lowest BCUT2D eigenvalue weighted by Crippen LogP contribution is -2.04. The first-order valence-corrected chi connectivity index (χ1v) is 7.50. The molecule has 0 aromatic rings. The van der Waals surface area contributed by atoms with Gasteiger partial charge >= 0.3 is 0 Å². The normalized spacial score (nSPS) is 19.6. The van der Waals surface area contributed by atoms with Crippen LogP contribution in [0.1, 0.15) is 71.1 Å². The van der Waals surface area contributed by atoms with Crippen molar-refractivity contribution in [1.82, 2.24) is 0 Å². The second-order valence-electron chi connectivity index (χ2n) is 5.43. The van der Waals surface area contributed by atoms with Gasteiger partial charge in [-0.1, -0.05) is 64.0 Å². The Balaban J connectivity index is 2.19. The first-order valence-electron chi connectivity index (χ1n) is 7.50. The van der Waals surface area contributed by atoms with Crippen LogP contribution < -0.4 is 0 Å². The summed E-state index contributed by atoms with van der Waals surface area (Å²) in [6.45, 7) is 2.22. The molecule has 0 amide bonds. The van der Waals surface area contributed by atoms with Crippen molar-refractivity contribution in [3.63, 3.8) is 0 Å². The molecule has 0 aliphatic heterocycles. The average Bonchev–Trinajstić information content (AvgIpc) is 2.39. The summed E-state index contributed by atoms with van der Waals surface area (Å²) in [5, 5.41) is 0. The number of hydrogen-bond donors (Lipinski definition) is 0. The van der Waals surface area contributed by atoms with E-state index in [1.807, 2.05) is 0 Å². The van der Waals surface area contributed by atoms with Gasteiger partial charge in [-0.3, -0.25) is 0 Å². The zero-order valence-electron chi connectivity index (χ0n) is 11.4. The molecule has 0 saturated heterocycles. The fourth-order valence-electron chi connectivity index (χ4n) is 2.64. The van der Waals surface area contributed by atoms with Crippen molar-refractivity contribution >= 4 is 6.29 Å². The van der Waals surface area contributed by atoms with E-state index in [1.54, 1.807) is 0 Å². The molecule has 0 radical (unpaired) electrons. The lowest BCUT2D eigenvalue weighted by molar-refractivity contribution is -0.110. The lowest BCUT2D eigenvalue weighted by atomic mass is 9.88. The Kier molecular flexibility index (Phi) is 8.04. The summed E-state index contributed by atoms with van der Waals surface area (Å²) in [6, 6.07) is 0. The summed E-state index contributed by atoms with van der Waals surface area (Å²) in [4.78, 5) is 11.0. The van der Waals surface area contributed by atoms with Crippen LogP contribution in [0.25, 0.3) is 0 Å². The van der Waals surface area contributed by atoms with Gasteiger partial charge in [-0.05, 0) is 25.2 Å². The number of hydrogen-bond acceptors (Lipinski definition) is 1. The van der Waals surface area contributed by atoms with Gasteiger partial charge in [0.05, 0.1) is 0 Å². The number of rotatable bonds is 8. The second-order valence-corrected chi connectivity index (χ2v) is 5.43. The second kappa shape index (κ2) is 9.44. The van der Waals surface area contributed by atoms with Crippen LogP contribution in [-0.4, -0.2) is 6.29 Å². The fraction of sp³-hybridized carbons (Fsp3) is 0.812. The maximum Gasteiger partial charge on any atom is 0.126 e. The summed E-state index contributed by atoms with van der Waals surface area (Å²) in [5.74, 6) is 0.927. The quantitative estimate of drug-likeness (QED) is 0.332. The van der Waals surface area contributed by atoms with Gasteiger partial charge in [0, 0.05) is 5.92 Å². The molecule has 0 aromatic heterocycles. The van der Waals surface area contributed by atoms with Crippen LogP contribution in [-0.2, 0) is 4.79 Å². The van der Waals surface area contributed by atoms with Crippen molar-refractivity contribution in [2.24, 2.45) is 11.8 Å². The van der Waals surface area contributed by atoms with E-state index in [4.69, 9.17) is 0 Å². The van der Waals surface area contributed by atoms with Gasteiger partial charge in [0.2, 0.25) is 0 Å². The van der Waals surface area contributed by atoms with Gasteiger partial charge in [0.15, 0.2) is 0 Å². The summed E-state index contributed by atoms with van der Waals surface area (Å²) in [7, 11) is 0. The van der Waals surface area contributed by atoms with Gasteiger partial charge in [0.1, 0.15) is 6.29 Å². The smallest absolute Gasteiger partial charge is 0.126 e. The molecule has 1 saturated carbocycles. The molecule has 0 aromatic carbocycles. The summed E-state index contributed by atoms with van der Waals surface area (Å²) in [5.41, 5.74) is 0. The zero-order chi connectivity index (χ0) is 12.3. The lowest BCUT2D eigenvalue weighted by Gasteiger charge is -2.18. The Morgan fingerprint density at radius 2 is 1.88 bits per heavy atom. The standard InChI is InChI=1S/C16H28O/c1-2-3-4-6-11-16(14-17)13-12-15-9-7-5-8-10-15/h12-16H,2-11H2,1H3/b13-12+/t16-/m1/s1. The van der Waals surface area contributed by atoms with E-state index in [9.17, 15) is 4.79 Å². The van der Waals surface area contributed by atoms with Crippen LogP contribution in [0.15, 0.2) is 12.2 Å². The van der Waals surface area contributed by atoms with E-state index in [0.717, 1.165) is 18.6 Å². The zero-order valence-corrected chi connectivity index (χ0v) is 11.4. The minimum Gasteiger partial charge on any atom is -0.303 e. The molecule has 0 spiro atoms. The SMILES string of the molecule is CCCCCC[C@@H](C=O)/C=C/C1CCCCC1. The molecule has 0 heterocycles. The topological polar surface area (TPSA) is 17.1 Å². The molecular weight excluding hydrogens is 208 g/mol. The van der Waals surface area contributed by atoms with Crippen molar-refractivity contribution in [1.29, 1.82) is 0 Å². The van der Waals surface area contributed by atoms with Crippen LogP contribution in [0.2, 0.25) is 0 Å². The van der Waals surface area contributed by atoms with Crippen LogP contribution >= 0.6 is 0 Å². The average molecular weight is 236 g/mol. The molecule has 1 nitrogen and oxygen atoms in total. The van der Waals surface area contributed by atoms with Gasteiger partial charge in [0.25, 0.3) is 0 Å². The monoisotopic (exact) mass is 236 g/mol. The molecule has 1 fully saturated rings. The number of unbranched alkanes of at least 4 members (excludes halogenated alkanes) is 3. The number of carbonyl (C=O) groups is 1. The highest BCUT2D eigenvalue weighted by Gasteiger charge is 2.11. The summed E-state index contributed by atoms with van der Waals surface area (Å²) < 4.78 is 0. The summed E-state index contributed by atoms with van der Waals surface area (Å²) in [6.07, 6.45) is 18.5. The fourth-order valence-corrected chi connectivity index (χ4v) is 2.64. The maximum absolute atomic E-state index is 11.0. The third-order valence-electron chi connectivity index (χ3n) is 3.85. The Labute approximate surface area is 107 Å². The molecule has 1 aliphatic carbocycles. The number of aldehydes is 1. The molecule has 1 aliphatic rings. The number of carbonyl (C=O) groups excluding carboxylic acids is 1. The Hall–Kier alpha value is -0.590. The molecule has 0 bridgehead atoms. The van der Waals surface area contributed by atoms with Crippen molar-refractivity contribution in [2.75, 3.05) is 0 Å². The van der Waals surface area contributed by atoms with Crippen molar-refractivity contribution in [2.45, 2.75) is 71.1 Å². The molecule has 1 atom stereocenters. The van der Waals surface area contributed by atoms with Gasteiger partial charge in [-0.15, -0.1) is 0 Å². The third kappa shape index (κ3) is 6.65. The Bertz CT molecular complexity index is 214. The van der Waals surface area contributed by atoms with Gasteiger partial charge < -0.3 is 4.79 Å². The largest absolute Gasteiger partial charge is 0.303 e. The minimum absolute atomic E-state index is 0.175. The Morgan fingerprint density at radius 3 is 2.53 bits per heavy atom. The third-order valence-corrected chi connectivity index (χ3v) is 3.85. The van der Waals surface area contributed by atoms with E-state index < -0.39 is 0 Å². The molecule has 1 rings (SSSR count). The first kappa shape index (κ1) is 14.5. The van der Waals surface area contributed by atoms with Gasteiger partial charge in [-0.25, -0.2) is 0 Å². The van der Waals surface area contributed by atoms with Crippen LogP contribution in [0.4, 0.5) is 0 Å². The van der Waals surface area contributed by atoms with Crippen LogP contribution in [0.5, 0.6) is 0 Å². The first-order chi connectivity index (χ1) is 8.36.